The van der Waals surface area contributed by atoms with Gasteiger partial charge in [0.2, 0.25) is 0 Å². The molecule has 4 nitrogen and oxygen atoms in total. The molecule has 74 valence electrons. The first-order valence-electron chi connectivity index (χ1n) is 4.10. The van der Waals surface area contributed by atoms with E-state index in [9.17, 15) is 5.11 Å². The number of methoxy groups -OCH3 is 1. The summed E-state index contributed by atoms with van der Waals surface area (Å²) in [5, 5.41) is 26.3. The molecule has 0 bridgehead atoms. The number of benzene rings is 1. The molecule has 0 amide bonds. The van der Waals surface area contributed by atoms with Crippen LogP contribution in [-0.4, -0.2) is 12.2 Å². The quantitative estimate of drug-likeness (QED) is 0.739. The summed E-state index contributed by atoms with van der Waals surface area (Å²) >= 11 is 0. The minimum absolute atomic E-state index is 0.0148. The first-order valence-corrected chi connectivity index (χ1v) is 4.10. The molecule has 0 aliphatic carbocycles. The lowest BCUT2D eigenvalue weighted by Gasteiger charge is -2.04. The Morgan fingerprint density at radius 2 is 2.07 bits per heavy atom. The first kappa shape index (κ1) is 10.6. The molecular weight excluding hydrogens is 192 g/mol. The van der Waals surface area contributed by atoms with E-state index in [2.05, 4.69) is 0 Å². The van der Waals surface area contributed by atoms with E-state index in [-0.39, 0.29) is 11.3 Å². The number of rotatable bonds is 2. The molecule has 0 saturated carbocycles. The molecule has 0 unspecified atom stereocenters. The highest BCUT2D eigenvalue weighted by atomic mass is 16.5. The van der Waals surface area contributed by atoms with Crippen LogP contribution >= 0.6 is 0 Å². The van der Waals surface area contributed by atoms with Gasteiger partial charge in [0.1, 0.15) is 29.2 Å². The summed E-state index contributed by atoms with van der Waals surface area (Å²) < 4.78 is 4.99. The lowest BCUT2D eigenvalue weighted by Crippen LogP contribution is -1.87. The maximum Gasteiger partial charge on any atom is 0.130 e. The van der Waals surface area contributed by atoms with Crippen LogP contribution in [0.4, 0.5) is 0 Å². The van der Waals surface area contributed by atoms with Gasteiger partial charge in [-0.25, -0.2) is 0 Å². The normalized spacial score (nSPS) is 8.47. The summed E-state index contributed by atoms with van der Waals surface area (Å²) in [6.07, 6.45) is 1.40. The van der Waals surface area contributed by atoms with Gasteiger partial charge in [-0.1, -0.05) is 0 Å². The molecule has 0 fully saturated rings. The maximum atomic E-state index is 9.19. The van der Waals surface area contributed by atoms with Gasteiger partial charge < -0.3 is 9.84 Å². The third-order valence-corrected chi connectivity index (χ3v) is 1.76. The van der Waals surface area contributed by atoms with Crippen LogP contribution in [0.3, 0.4) is 0 Å². The summed E-state index contributed by atoms with van der Waals surface area (Å²) in [6.45, 7) is 0. The van der Waals surface area contributed by atoms with E-state index in [1.807, 2.05) is 0 Å². The van der Waals surface area contributed by atoms with Crippen molar-refractivity contribution < 1.29 is 9.84 Å². The van der Waals surface area contributed by atoms with Crippen LogP contribution in [0.15, 0.2) is 23.8 Å². The highest BCUT2D eigenvalue weighted by Crippen LogP contribution is 2.25. The van der Waals surface area contributed by atoms with Gasteiger partial charge in [-0.15, -0.1) is 0 Å². The van der Waals surface area contributed by atoms with E-state index >= 15 is 0 Å². The molecule has 0 aliphatic rings. The largest absolute Gasteiger partial charge is 0.508 e. The molecule has 1 aromatic carbocycles. The Hall–Kier alpha value is -2.46. The van der Waals surface area contributed by atoms with Crippen molar-refractivity contribution in [2.75, 3.05) is 7.11 Å². The van der Waals surface area contributed by atoms with Crippen molar-refractivity contribution >= 4 is 6.08 Å². The Morgan fingerprint density at radius 1 is 1.40 bits per heavy atom. The highest BCUT2D eigenvalue weighted by Gasteiger charge is 2.03. The van der Waals surface area contributed by atoms with Gasteiger partial charge in [-0.3, -0.25) is 0 Å². The van der Waals surface area contributed by atoms with Crippen LogP contribution in [0.25, 0.3) is 6.08 Å². The van der Waals surface area contributed by atoms with E-state index in [1.54, 1.807) is 18.2 Å². The predicted octanol–water partition coefficient (Wildman–Crippen LogP) is 1.83. The number of phenols is 1. The molecule has 4 heteroatoms. The average molecular weight is 200 g/mol. The molecule has 0 aliphatic heterocycles. The minimum Gasteiger partial charge on any atom is -0.508 e. The molecule has 0 heterocycles. The lowest BCUT2D eigenvalue weighted by molar-refractivity contribution is 0.407. The van der Waals surface area contributed by atoms with Crippen LogP contribution in [0.5, 0.6) is 11.5 Å². The zero-order chi connectivity index (χ0) is 11.3. The lowest BCUT2D eigenvalue weighted by atomic mass is 10.1. The molecule has 1 N–H and O–H groups in total. The second-order valence-corrected chi connectivity index (χ2v) is 2.71. The number of ether oxygens (including phenoxy) is 1. The smallest absolute Gasteiger partial charge is 0.130 e. The topological polar surface area (TPSA) is 77.0 Å². The Morgan fingerprint density at radius 3 is 2.60 bits per heavy atom. The monoisotopic (exact) mass is 200 g/mol. The first-order chi connectivity index (χ1) is 7.21. The van der Waals surface area contributed by atoms with Gasteiger partial charge >= 0.3 is 0 Å². The third kappa shape index (κ3) is 2.49. The van der Waals surface area contributed by atoms with Crippen molar-refractivity contribution in [1.82, 2.24) is 0 Å². The molecule has 1 aromatic rings. The summed E-state index contributed by atoms with van der Waals surface area (Å²) in [5.74, 6) is 0.484. The van der Waals surface area contributed by atoms with Gasteiger partial charge in [-0.05, 0) is 18.2 Å². The van der Waals surface area contributed by atoms with Gasteiger partial charge in [0.05, 0.1) is 7.11 Å². The maximum absolute atomic E-state index is 9.19. The molecule has 0 aromatic heterocycles. The van der Waals surface area contributed by atoms with Gasteiger partial charge in [0.25, 0.3) is 0 Å². The molecule has 15 heavy (non-hydrogen) atoms. The van der Waals surface area contributed by atoms with Crippen LogP contribution in [-0.2, 0) is 0 Å². The van der Waals surface area contributed by atoms with Crippen LogP contribution in [0, 0.1) is 22.7 Å². The number of hydrogen-bond acceptors (Lipinski definition) is 4. The predicted molar refractivity (Wildman–Crippen MR) is 53.9 cm³/mol. The van der Waals surface area contributed by atoms with E-state index < -0.39 is 0 Å². The van der Waals surface area contributed by atoms with Crippen molar-refractivity contribution in [2.24, 2.45) is 0 Å². The fraction of sp³-hybridized carbons (Fsp3) is 0.0909. The summed E-state index contributed by atoms with van der Waals surface area (Å²) in [5.41, 5.74) is 0.562. The third-order valence-electron chi connectivity index (χ3n) is 1.76. The van der Waals surface area contributed by atoms with E-state index in [1.165, 1.54) is 25.3 Å². The Labute approximate surface area is 87.3 Å². The van der Waals surface area contributed by atoms with E-state index in [0.717, 1.165) is 0 Å². The molecular formula is C11H8N2O2. The number of nitriles is 2. The van der Waals surface area contributed by atoms with E-state index in [0.29, 0.717) is 11.3 Å². The zero-order valence-corrected chi connectivity index (χ0v) is 8.06. The van der Waals surface area contributed by atoms with Crippen molar-refractivity contribution in [3.8, 4) is 23.6 Å². The van der Waals surface area contributed by atoms with Gasteiger partial charge in [0, 0.05) is 11.6 Å². The summed E-state index contributed by atoms with van der Waals surface area (Å²) in [7, 11) is 1.45. The summed E-state index contributed by atoms with van der Waals surface area (Å²) in [6, 6.07) is 7.94. The molecule has 1 rings (SSSR count). The summed E-state index contributed by atoms with van der Waals surface area (Å²) in [4.78, 5) is 0. The fourth-order valence-corrected chi connectivity index (χ4v) is 1.06. The second kappa shape index (κ2) is 4.69. The van der Waals surface area contributed by atoms with E-state index in [4.69, 9.17) is 15.3 Å². The molecule has 0 saturated heterocycles. The molecule has 0 spiro atoms. The molecule has 0 radical (unpaired) electrons. The number of hydrogen-bond donors (Lipinski definition) is 1. The van der Waals surface area contributed by atoms with Crippen molar-refractivity contribution in [3.05, 3.63) is 29.3 Å². The molecule has 0 atom stereocenters. The van der Waals surface area contributed by atoms with Gasteiger partial charge in [-0.2, -0.15) is 10.5 Å². The average Bonchev–Trinajstić information content (AvgIpc) is 2.27. The highest BCUT2D eigenvalue weighted by molar-refractivity contribution is 5.67. The van der Waals surface area contributed by atoms with Crippen LogP contribution in [0.2, 0.25) is 0 Å². The number of aromatic hydroxyl groups is 1. The zero-order valence-electron chi connectivity index (χ0n) is 8.06. The van der Waals surface area contributed by atoms with Crippen molar-refractivity contribution in [3.63, 3.8) is 0 Å². The van der Waals surface area contributed by atoms with Crippen molar-refractivity contribution in [2.45, 2.75) is 0 Å². The standard InChI is InChI=1S/C11H8N2O2/c1-15-11-5-10(14)3-2-9(11)4-8(6-12)7-13/h2-5,14H,1H3. The SMILES string of the molecule is COc1cc(O)ccc1C=C(C#N)C#N. The number of nitrogens with zero attached hydrogens (tertiary/aromatic N) is 2. The van der Waals surface area contributed by atoms with Crippen LogP contribution < -0.4 is 4.74 Å². The minimum atomic E-state index is -0.0148. The van der Waals surface area contributed by atoms with Gasteiger partial charge in [0.15, 0.2) is 0 Å². The number of allylic oxidation sites excluding steroid dienone is 1. The fourth-order valence-electron chi connectivity index (χ4n) is 1.06. The van der Waals surface area contributed by atoms with Crippen molar-refractivity contribution in [1.29, 1.82) is 10.5 Å². The Kier molecular flexibility index (Phi) is 3.32. The Bertz CT molecular complexity index is 462. The van der Waals surface area contributed by atoms with Crippen LogP contribution in [0.1, 0.15) is 5.56 Å². The number of phenolic OH excluding ortho intramolecular Hbond substituents is 1. The second-order valence-electron chi connectivity index (χ2n) is 2.71. The Balaban J connectivity index is 3.23.